The lowest BCUT2D eigenvalue weighted by molar-refractivity contribution is -0.0210. The second kappa shape index (κ2) is 3.70. The molecule has 0 aromatic carbocycles. The maximum atomic E-state index is 12.5. The smallest absolute Gasteiger partial charge is 0.207 e. The number of halogens is 3. The molecular weight excluding hydrogens is 170 g/mol. The van der Waals surface area contributed by atoms with Gasteiger partial charge in [-0.1, -0.05) is 13.8 Å². The molecule has 0 saturated carbocycles. The minimum atomic E-state index is -2.60. The monoisotopic (exact) mass is 184 g/mol. The fraction of sp³-hybridized carbons (Fsp3) is 1.00. The summed E-state index contributed by atoms with van der Waals surface area (Å²) in [5, 5.41) is 0. The molecule has 11 heavy (non-hydrogen) atoms. The van der Waals surface area contributed by atoms with Crippen molar-refractivity contribution in [2.24, 2.45) is 5.41 Å². The van der Waals surface area contributed by atoms with Gasteiger partial charge in [0.15, 0.2) is 0 Å². The molecule has 0 fully saturated rings. The topological polar surface area (TPSA) is 0 Å². The molecule has 0 radical (unpaired) electrons. The molecule has 0 saturated heterocycles. The van der Waals surface area contributed by atoms with Crippen molar-refractivity contribution in [1.82, 2.24) is 0 Å². The summed E-state index contributed by atoms with van der Waals surface area (Å²) in [5.74, 6) is -2.30. The van der Waals surface area contributed by atoms with Crippen LogP contribution in [0.2, 0.25) is 0 Å². The van der Waals surface area contributed by atoms with Crippen LogP contribution in [0.4, 0.5) is 8.78 Å². The summed E-state index contributed by atoms with van der Waals surface area (Å²) in [6, 6.07) is 0. The molecule has 1 unspecified atom stereocenters. The number of alkyl halides is 3. The lowest BCUT2D eigenvalue weighted by Crippen LogP contribution is -2.26. The summed E-state index contributed by atoms with van der Waals surface area (Å²) in [7, 11) is 0. The van der Waals surface area contributed by atoms with E-state index in [1.165, 1.54) is 0 Å². The highest BCUT2D eigenvalue weighted by atomic mass is 35.5. The molecule has 0 heterocycles. The van der Waals surface area contributed by atoms with Gasteiger partial charge in [0.1, 0.15) is 0 Å². The van der Waals surface area contributed by atoms with E-state index >= 15 is 0 Å². The first kappa shape index (κ1) is 11.2. The normalized spacial score (nSPS) is 18.0. The van der Waals surface area contributed by atoms with E-state index < -0.39 is 11.3 Å². The predicted molar refractivity (Wildman–Crippen MR) is 44.4 cm³/mol. The summed E-state index contributed by atoms with van der Waals surface area (Å²) >= 11 is 5.58. The van der Waals surface area contributed by atoms with Crippen LogP contribution < -0.4 is 0 Å². The van der Waals surface area contributed by atoms with Gasteiger partial charge in [0, 0.05) is 12.3 Å². The summed E-state index contributed by atoms with van der Waals surface area (Å²) in [6.45, 7) is 4.61. The Bertz CT molecular complexity index is 114. The molecule has 3 heteroatoms. The van der Waals surface area contributed by atoms with Crippen LogP contribution in [0.3, 0.4) is 0 Å². The van der Waals surface area contributed by atoms with Crippen LogP contribution in [0.15, 0.2) is 0 Å². The van der Waals surface area contributed by atoms with Crippen LogP contribution in [-0.4, -0.2) is 11.8 Å². The molecular formula is C8H15ClF2. The minimum Gasteiger partial charge on any atom is -0.207 e. The van der Waals surface area contributed by atoms with Crippen LogP contribution in [0.1, 0.15) is 33.6 Å². The molecule has 0 bridgehead atoms. The Morgan fingerprint density at radius 3 is 1.82 bits per heavy atom. The highest BCUT2D eigenvalue weighted by Crippen LogP contribution is 2.35. The van der Waals surface area contributed by atoms with Crippen molar-refractivity contribution in [3.8, 4) is 0 Å². The Balaban J connectivity index is 4.08. The lowest BCUT2D eigenvalue weighted by atomic mass is 9.84. The fourth-order valence-corrected chi connectivity index (χ4v) is 1.30. The number of rotatable bonds is 4. The zero-order valence-corrected chi connectivity index (χ0v) is 8.01. The van der Waals surface area contributed by atoms with Crippen molar-refractivity contribution in [3.05, 3.63) is 0 Å². The largest absolute Gasteiger partial charge is 0.246 e. The zero-order valence-electron chi connectivity index (χ0n) is 7.26. The predicted octanol–water partition coefficient (Wildman–Crippen LogP) is 3.69. The van der Waals surface area contributed by atoms with Crippen molar-refractivity contribution in [2.45, 2.75) is 39.5 Å². The summed E-state index contributed by atoms with van der Waals surface area (Å²) < 4.78 is 25.1. The van der Waals surface area contributed by atoms with Crippen molar-refractivity contribution in [1.29, 1.82) is 0 Å². The third kappa shape index (κ3) is 4.57. The average Bonchev–Trinajstić information content (AvgIpc) is 1.84. The van der Waals surface area contributed by atoms with Gasteiger partial charge in [-0.3, -0.25) is 0 Å². The van der Waals surface area contributed by atoms with Gasteiger partial charge in [-0.15, -0.1) is 11.6 Å². The van der Waals surface area contributed by atoms with Gasteiger partial charge in [-0.2, -0.15) is 0 Å². The molecule has 0 aliphatic rings. The standard InChI is InChI=1S/C8H15ClF2/c1-4-7(2,6-9)5-8(3,10)11/h4-6H2,1-3H3. The summed E-state index contributed by atoms with van der Waals surface area (Å²) in [6.07, 6.45) is 0.569. The molecule has 1 atom stereocenters. The van der Waals surface area contributed by atoms with Gasteiger partial charge < -0.3 is 0 Å². The van der Waals surface area contributed by atoms with Gasteiger partial charge in [-0.25, -0.2) is 8.78 Å². The molecule has 0 aromatic heterocycles. The quantitative estimate of drug-likeness (QED) is 0.585. The van der Waals surface area contributed by atoms with E-state index in [-0.39, 0.29) is 6.42 Å². The van der Waals surface area contributed by atoms with Crippen LogP contribution in [0, 0.1) is 5.41 Å². The molecule has 0 nitrogen and oxygen atoms in total. The Morgan fingerprint density at radius 1 is 1.27 bits per heavy atom. The Labute approximate surface area is 71.9 Å². The molecule has 0 aliphatic carbocycles. The second-order valence-corrected chi connectivity index (χ2v) is 3.81. The minimum absolute atomic E-state index is 0.125. The van der Waals surface area contributed by atoms with Gasteiger partial charge in [0.05, 0.1) is 0 Å². The maximum Gasteiger partial charge on any atom is 0.246 e. The van der Waals surface area contributed by atoms with Crippen LogP contribution in [-0.2, 0) is 0 Å². The third-order valence-corrected chi connectivity index (χ3v) is 2.56. The lowest BCUT2D eigenvalue weighted by Gasteiger charge is -2.28. The number of hydrogen-bond acceptors (Lipinski definition) is 0. The Hall–Kier alpha value is 0.150. The zero-order chi connectivity index (χ0) is 9.12. The van der Waals surface area contributed by atoms with Crippen LogP contribution in [0.25, 0.3) is 0 Å². The molecule has 0 N–H and O–H groups in total. The van der Waals surface area contributed by atoms with E-state index in [0.29, 0.717) is 12.3 Å². The highest BCUT2D eigenvalue weighted by molar-refractivity contribution is 6.18. The average molecular weight is 185 g/mol. The molecule has 68 valence electrons. The first-order chi connectivity index (χ1) is 4.83. The molecule has 0 spiro atoms. The van der Waals surface area contributed by atoms with E-state index in [4.69, 9.17) is 11.6 Å². The van der Waals surface area contributed by atoms with Crippen molar-refractivity contribution >= 4 is 11.6 Å². The first-order valence-corrected chi connectivity index (χ1v) is 4.30. The Morgan fingerprint density at radius 2 is 1.73 bits per heavy atom. The molecule has 0 aliphatic heterocycles. The molecule has 0 rings (SSSR count). The second-order valence-electron chi connectivity index (χ2n) is 3.54. The van der Waals surface area contributed by atoms with Crippen molar-refractivity contribution in [3.63, 3.8) is 0 Å². The molecule has 0 amide bonds. The van der Waals surface area contributed by atoms with E-state index in [2.05, 4.69) is 0 Å². The third-order valence-electron chi connectivity index (χ3n) is 1.91. The Kier molecular flexibility index (Phi) is 3.75. The van der Waals surface area contributed by atoms with Crippen molar-refractivity contribution < 1.29 is 8.78 Å². The van der Waals surface area contributed by atoms with Crippen LogP contribution >= 0.6 is 11.6 Å². The van der Waals surface area contributed by atoms with Gasteiger partial charge >= 0.3 is 0 Å². The van der Waals surface area contributed by atoms with E-state index in [0.717, 1.165) is 6.92 Å². The summed E-state index contributed by atoms with van der Waals surface area (Å²) in [5.41, 5.74) is -0.417. The van der Waals surface area contributed by atoms with E-state index in [1.807, 2.05) is 6.92 Å². The van der Waals surface area contributed by atoms with E-state index in [9.17, 15) is 8.78 Å². The van der Waals surface area contributed by atoms with Crippen molar-refractivity contribution in [2.75, 3.05) is 5.88 Å². The fourth-order valence-electron chi connectivity index (χ4n) is 1.02. The van der Waals surface area contributed by atoms with Crippen LogP contribution in [0.5, 0.6) is 0 Å². The maximum absolute atomic E-state index is 12.5. The number of hydrogen-bond donors (Lipinski definition) is 0. The van der Waals surface area contributed by atoms with Gasteiger partial charge in [0.2, 0.25) is 5.92 Å². The SMILES string of the molecule is CCC(C)(CCl)CC(C)(F)F. The van der Waals surface area contributed by atoms with Gasteiger partial charge in [-0.05, 0) is 18.8 Å². The van der Waals surface area contributed by atoms with E-state index in [1.54, 1.807) is 6.92 Å². The summed E-state index contributed by atoms with van der Waals surface area (Å²) in [4.78, 5) is 0. The first-order valence-electron chi connectivity index (χ1n) is 3.77. The van der Waals surface area contributed by atoms with Gasteiger partial charge in [0.25, 0.3) is 0 Å². The highest BCUT2D eigenvalue weighted by Gasteiger charge is 2.33. The molecule has 0 aromatic rings.